The number of nitrogens with zero attached hydrogens (tertiary/aromatic N) is 1. The molecule has 2 N–H and O–H groups in total. The average Bonchev–Trinajstić information content (AvgIpc) is 2.36. The minimum atomic E-state index is -4.27. The smallest absolute Gasteiger partial charge is 0.318 e. The van der Waals surface area contributed by atoms with Gasteiger partial charge in [-0.1, -0.05) is 18.2 Å². The molecule has 0 bridgehead atoms. The predicted molar refractivity (Wildman–Crippen MR) is 72.4 cm³/mol. The Morgan fingerprint density at radius 1 is 1.30 bits per heavy atom. The van der Waals surface area contributed by atoms with Gasteiger partial charge >= 0.3 is 6.18 Å². The van der Waals surface area contributed by atoms with E-state index in [0.29, 0.717) is 18.2 Å². The summed E-state index contributed by atoms with van der Waals surface area (Å²) in [5.74, 6) is 0. The van der Waals surface area contributed by atoms with Crippen molar-refractivity contribution < 1.29 is 13.2 Å². The van der Waals surface area contributed by atoms with E-state index < -0.39 is 11.7 Å². The molecule has 0 radical (unpaired) electrons. The highest BCUT2D eigenvalue weighted by molar-refractivity contribution is 5.25. The summed E-state index contributed by atoms with van der Waals surface area (Å²) in [7, 11) is 1.92. The fourth-order valence-electron chi connectivity index (χ4n) is 2.27. The highest BCUT2D eigenvalue weighted by atomic mass is 19.4. The van der Waals surface area contributed by atoms with Crippen LogP contribution >= 0.6 is 0 Å². The molecular weight excluding hydrogens is 267 g/mol. The molecule has 0 amide bonds. The quantitative estimate of drug-likeness (QED) is 0.834. The Morgan fingerprint density at radius 2 is 2.05 bits per heavy atom. The third-order valence-electron chi connectivity index (χ3n) is 3.48. The molecule has 3 nitrogen and oxygen atoms in total. The molecular formula is C14H20F3N3. The molecule has 1 aliphatic heterocycles. The minimum Gasteiger partial charge on any atom is -0.318 e. The topological polar surface area (TPSA) is 27.3 Å². The molecule has 0 aromatic heterocycles. The van der Waals surface area contributed by atoms with Gasteiger partial charge in [0.25, 0.3) is 0 Å². The van der Waals surface area contributed by atoms with E-state index in [1.165, 1.54) is 12.1 Å². The summed E-state index contributed by atoms with van der Waals surface area (Å²) in [6.45, 7) is 4.37. The Bertz CT molecular complexity index is 428. The van der Waals surface area contributed by atoms with Crippen LogP contribution in [0.25, 0.3) is 0 Å². The molecule has 0 aliphatic carbocycles. The first-order valence-electron chi connectivity index (χ1n) is 6.75. The standard InChI is InChI=1S/C14H20F3N3/c1-18-5-6-20-9-13(10-20)19-8-11-3-2-4-12(7-11)14(15,16)17/h2-4,7,13,18-19H,5-6,8-10H2,1H3. The van der Waals surface area contributed by atoms with Crippen LogP contribution in [0.2, 0.25) is 0 Å². The zero-order chi connectivity index (χ0) is 14.6. The van der Waals surface area contributed by atoms with Crippen LogP contribution in [0.15, 0.2) is 24.3 Å². The molecule has 1 heterocycles. The normalized spacial score (nSPS) is 17.2. The molecule has 0 unspecified atom stereocenters. The van der Waals surface area contributed by atoms with Crippen LogP contribution in [0.5, 0.6) is 0 Å². The van der Waals surface area contributed by atoms with Gasteiger partial charge in [0.15, 0.2) is 0 Å². The summed E-state index contributed by atoms with van der Waals surface area (Å²) in [6.07, 6.45) is -4.27. The van der Waals surface area contributed by atoms with E-state index in [-0.39, 0.29) is 0 Å². The number of likely N-dealkylation sites (N-methyl/N-ethyl adjacent to an activating group) is 1. The van der Waals surface area contributed by atoms with E-state index in [9.17, 15) is 13.2 Å². The Labute approximate surface area is 117 Å². The lowest BCUT2D eigenvalue weighted by molar-refractivity contribution is -0.137. The summed E-state index contributed by atoms with van der Waals surface area (Å²) in [5, 5.41) is 6.38. The van der Waals surface area contributed by atoms with Crippen molar-refractivity contribution in [2.75, 3.05) is 33.2 Å². The summed E-state index contributed by atoms with van der Waals surface area (Å²) in [4.78, 5) is 2.31. The van der Waals surface area contributed by atoms with Gasteiger partial charge < -0.3 is 10.6 Å². The lowest BCUT2D eigenvalue weighted by atomic mass is 10.1. The molecule has 20 heavy (non-hydrogen) atoms. The number of benzene rings is 1. The number of halogens is 3. The van der Waals surface area contributed by atoms with Crippen LogP contribution in [0, 0.1) is 0 Å². The number of likely N-dealkylation sites (tertiary alicyclic amines) is 1. The molecule has 0 saturated carbocycles. The summed E-state index contributed by atoms with van der Waals surface area (Å²) < 4.78 is 37.7. The second-order valence-electron chi connectivity index (χ2n) is 5.14. The monoisotopic (exact) mass is 287 g/mol. The van der Waals surface area contributed by atoms with Gasteiger partial charge in [-0.3, -0.25) is 4.90 Å². The fourth-order valence-corrected chi connectivity index (χ4v) is 2.27. The van der Waals surface area contributed by atoms with Crippen LogP contribution in [0.4, 0.5) is 13.2 Å². The van der Waals surface area contributed by atoms with E-state index in [1.54, 1.807) is 6.07 Å². The van der Waals surface area contributed by atoms with Crippen molar-refractivity contribution in [2.24, 2.45) is 0 Å². The third kappa shape index (κ3) is 4.19. The number of hydrogen-bond acceptors (Lipinski definition) is 3. The Balaban J connectivity index is 1.76. The Morgan fingerprint density at radius 3 is 2.70 bits per heavy atom. The first-order valence-corrected chi connectivity index (χ1v) is 6.75. The van der Waals surface area contributed by atoms with Gasteiger partial charge in [-0.15, -0.1) is 0 Å². The first-order chi connectivity index (χ1) is 9.49. The zero-order valence-electron chi connectivity index (χ0n) is 11.5. The molecule has 1 aromatic carbocycles. The van der Waals surface area contributed by atoms with E-state index in [1.807, 2.05) is 7.05 Å². The first kappa shape index (κ1) is 15.3. The second kappa shape index (κ2) is 6.56. The van der Waals surface area contributed by atoms with Gasteiger partial charge in [-0.05, 0) is 18.7 Å². The van der Waals surface area contributed by atoms with Gasteiger partial charge in [-0.25, -0.2) is 0 Å². The maximum absolute atomic E-state index is 12.6. The summed E-state index contributed by atoms with van der Waals surface area (Å²) in [5.41, 5.74) is 0.0922. The number of nitrogens with one attached hydrogen (secondary N) is 2. The van der Waals surface area contributed by atoms with Crippen molar-refractivity contribution in [3.05, 3.63) is 35.4 Å². The molecule has 112 valence electrons. The molecule has 0 atom stereocenters. The van der Waals surface area contributed by atoms with Crippen molar-refractivity contribution in [2.45, 2.75) is 18.8 Å². The SMILES string of the molecule is CNCCN1CC(NCc2cccc(C(F)(F)F)c2)C1. The molecule has 1 fully saturated rings. The number of rotatable bonds is 6. The van der Waals surface area contributed by atoms with E-state index in [2.05, 4.69) is 15.5 Å². The van der Waals surface area contributed by atoms with Crippen LogP contribution in [0.3, 0.4) is 0 Å². The van der Waals surface area contributed by atoms with Crippen molar-refractivity contribution in [3.63, 3.8) is 0 Å². The fraction of sp³-hybridized carbons (Fsp3) is 0.571. The van der Waals surface area contributed by atoms with E-state index in [0.717, 1.165) is 32.2 Å². The highest BCUT2D eigenvalue weighted by Gasteiger charge is 2.30. The lowest BCUT2D eigenvalue weighted by Gasteiger charge is -2.39. The van der Waals surface area contributed by atoms with Gasteiger partial charge in [-0.2, -0.15) is 13.2 Å². The lowest BCUT2D eigenvalue weighted by Crippen LogP contribution is -2.58. The van der Waals surface area contributed by atoms with Crippen LogP contribution in [-0.4, -0.2) is 44.2 Å². The van der Waals surface area contributed by atoms with Crippen molar-refractivity contribution in [3.8, 4) is 0 Å². The molecule has 1 aromatic rings. The predicted octanol–water partition coefficient (Wildman–Crippen LogP) is 1.70. The van der Waals surface area contributed by atoms with Gasteiger partial charge in [0.2, 0.25) is 0 Å². The van der Waals surface area contributed by atoms with Gasteiger partial charge in [0.05, 0.1) is 5.56 Å². The number of hydrogen-bond donors (Lipinski definition) is 2. The van der Waals surface area contributed by atoms with Crippen LogP contribution in [0.1, 0.15) is 11.1 Å². The van der Waals surface area contributed by atoms with Crippen LogP contribution in [-0.2, 0) is 12.7 Å². The van der Waals surface area contributed by atoms with Gasteiger partial charge in [0, 0.05) is 38.8 Å². The summed E-state index contributed by atoms with van der Waals surface area (Å²) in [6, 6.07) is 5.87. The van der Waals surface area contributed by atoms with Crippen molar-refractivity contribution in [1.82, 2.24) is 15.5 Å². The maximum Gasteiger partial charge on any atom is 0.416 e. The molecule has 1 saturated heterocycles. The molecule has 6 heteroatoms. The highest BCUT2D eigenvalue weighted by Crippen LogP contribution is 2.29. The van der Waals surface area contributed by atoms with Gasteiger partial charge in [0.1, 0.15) is 0 Å². The molecule has 0 spiro atoms. The van der Waals surface area contributed by atoms with Crippen LogP contribution < -0.4 is 10.6 Å². The zero-order valence-corrected chi connectivity index (χ0v) is 11.5. The summed E-state index contributed by atoms with van der Waals surface area (Å²) >= 11 is 0. The Kier molecular flexibility index (Phi) is 5.01. The van der Waals surface area contributed by atoms with E-state index >= 15 is 0 Å². The molecule has 2 rings (SSSR count). The third-order valence-corrected chi connectivity index (χ3v) is 3.48. The number of alkyl halides is 3. The molecule has 1 aliphatic rings. The average molecular weight is 287 g/mol. The minimum absolute atomic E-state index is 0.376. The van der Waals surface area contributed by atoms with E-state index in [4.69, 9.17) is 0 Å². The second-order valence-corrected chi connectivity index (χ2v) is 5.14. The van der Waals surface area contributed by atoms with Crippen molar-refractivity contribution in [1.29, 1.82) is 0 Å². The largest absolute Gasteiger partial charge is 0.416 e. The maximum atomic E-state index is 12.6. The Hall–Kier alpha value is -1.11. The van der Waals surface area contributed by atoms with Crippen molar-refractivity contribution >= 4 is 0 Å².